The molecular formula is C25H21ClN4O2. The average Bonchev–Trinajstić information content (AvgIpc) is 3.32. The molecule has 1 aliphatic heterocycles. The molecule has 0 aliphatic carbocycles. The van der Waals surface area contributed by atoms with Crippen molar-refractivity contribution >= 4 is 23.2 Å². The summed E-state index contributed by atoms with van der Waals surface area (Å²) in [6.45, 7) is 0.470. The van der Waals surface area contributed by atoms with E-state index in [9.17, 15) is 0 Å². The monoisotopic (exact) mass is 444 g/mol. The zero-order valence-electron chi connectivity index (χ0n) is 17.4. The van der Waals surface area contributed by atoms with E-state index in [-0.39, 0.29) is 6.04 Å². The van der Waals surface area contributed by atoms with Crippen LogP contribution in [0.3, 0.4) is 0 Å². The highest BCUT2D eigenvalue weighted by Gasteiger charge is 2.24. The number of fused-ring (bicyclic) bond motifs is 1. The van der Waals surface area contributed by atoms with Crippen molar-refractivity contribution in [2.45, 2.75) is 12.6 Å². The number of methoxy groups -OCH3 is 1. The maximum Gasteiger partial charge on any atom is 0.226 e. The number of aromatic nitrogens is 3. The van der Waals surface area contributed by atoms with Gasteiger partial charge < -0.3 is 14.8 Å². The highest BCUT2D eigenvalue weighted by Crippen LogP contribution is 2.36. The molecule has 1 N–H and O–H groups in total. The predicted molar refractivity (Wildman–Crippen MR) is 125 cm³/mol. The van der Waals surface area contributed by atoms with E-state index in [1.54, 1.807) is 13.4 Å². The number of hydrogen-bond donors (Lipinski definition) is 1. The fourth-order valence-electron chi connectivity index (χ4n) is 3.69. The minimum atomic E-state index is -0.156. The van der Waals surface area contributed by atoms with Gasteiger partial charge >= 0.3 is 0 Å². The molecular weight excluding hydrogens is 424 g/mol. The summed E-state index contributed by atoms with van der Waals surface area (Å²) in [5.41, 5.74) is 4.06. The molecule has 0 saturated heterocycles. The largest absolute Gasteiger partial charge is 0.493 e. The van der Waals surface area contributed by atoms with E-state index >= 15 is 0 Å². The second-order valence-electron chi connectivity index (χ2n) is 7.37. The molecule has 5 rings (SSSR count). The number of ether oxygens (including phenoxy) is 2. The molecule has 2 heterocycles. The molecule has 0 radical (unpaired) electrons. The molecule has 6 nitrogen and oxygen atoms in total. The van der Waals surface area contributed by atoms with E-state index in [1.165, 1.54) is 0 Å². The van der Waals surface area contributed by atoms with Crippen LogP contribution in [0.25, 0.3) is 5.70 Å². The van der Waals surface area contributed by atoms with Gasteiger partial charge in [0.15, 0.2) is 11.5 Å². The van der Waals surface area contributed by atoms with Crippen LogP contribution in [0.4, 0.5) is 5.95 Å². The molecule has 1 atom stereocenters. The Bertz CT molecular complexity index is 1250. The Kier molecular flexibility index (Phi) is 5.52. The summed E-state index contributed by atoms with van der Waals surface area (Å²) in [7, 11) is 1.65. The summed E-state index contributed by atoms with van der Waals surface area (Å²) >= 11 is 6.06. The van der Waals surface area contributed by atoms with Gasteiger partial charge in [-0.15, -0.1) is 0 Å². The Balaban J connectivity index is 1.46. The van der Waals surface area contributed by atoms with Crippen LogP contribution in [0, 0.1) is 0 Å². The van der Waals surface area contributed by atoms with Crippen molar-refractivity contribution in [1.82, 2.24) is 14.8 Å². The summed E-state index contributed by atoms with van der Waals surface area (Å²) in [6.07, 6.45) is 3.66. The SMILES string of the molecule is COc1cc([C@H]2C=C(c3ccc(Cl)cc3)Nc3ncnn32)ccc1OCc1ccccc1. The summed E-state index contributed by atoms with van der Waals surface area (Å²) < 4.78 is 13.5. The lowest BCUT2D eigenvalue weighted by Gasteiger charge is -2.25. The van der Waals surface area contributed by atoms with Crippen LogP contribution in [-0.4, -0.2) is 21.9 Å². The molecule has 0 fully saturated rings. The van der Waals surface area contributed by atoms with Crippen molar-refractivity contribution in [3.63, 3.8) is 0 Å². The average molecular weight is 445 g/mol. The van der Waals surface area contributed by atoms with Crippen LogP contribution < -0.4 is 14.8 Å². The summed E-state index contributed by atoms with van der Waals surface area (Å²) in [6, 6.07) is 23.5. The number of benzene rings is 3. The standard InChI is InChI=1S/C25H21ClN4O2/c1-31-24-13-19(9-12-23(24)32-15-17-5-3-2-4-6-17)22-14-21(18-7-10-20(26)11-8-18)29-25-27-16-28-30(22)25/h2-14,16,22H,15H2,1H3,(H,27,28,29)/t22-/m1/s1. The van der Waals surface area contributed by atoms with Crippen LogP contribution in [-0.2, 0) is 6.61 Å². The van der Waals surface area contributed by atoms with Gasteiger partial charge in [-0.05, 0) is 47.0 Å². The van der Waals surface area contributed by atoms with Crippen molar-refractivity contribution in [3.05, 3.63) is 107 Å². The fourth-order valence-corrected chi connectivity index (χ4v) is 3.82. The summed E-state index contributed by atoms with van der Waals surface area (Å²) in [5.74, 6) is 2.03. The Hall–Kier alpha value is -3.77. The molecule has 0 spiro atoms. The van der Waals surface area contributed by atoms with E-state index in [4.69, 9.17) is 21.1 Å². The molecule has 160 valence electrons. The van der Waals surface area contributed by atoms with Gasteiger partial charge in [-0.1, -0.05) is 60.1 Å². The van der Waals surface area contributed by atoms with Crippen molar-refractivity contribution in [3.8, 4) is 11.5 Å². The zero-order chi connectivity index (χ0) is 21.9. The van der Waals surface area contributed by atoms with Crippen LogP contribution in [0.5, 0.6) is 11.5 Å². The van der Waals surface area contributed by atoms with E-state index in [1.807, 2.05) is 77.5 Å². The Morgan fingerprint density at radius 1 is 1.00 bits per heavy atom. The van der Waals surface area contributed by atoms with E-state index in [2.05, 4.69) is 21.5 Å². The highest BCUT2D eigenvalue weighted by atomic mass is 35.5. The van der Waals surface area contributed by atoms with Crippen LogP contribution in [0.1, 0.15) is 22.7 Å². The van der Waals surface area contributed by atoms with Crippen LogP contribution in [0.2, 0.25) is 5.02 Å². The molecule has 1 aromatic heterocycles. The highest BCUT2D eigenvalue weighted by molar-refractivity contribution is 6.30. The minimum absolute atomic E-state index is 0.156. The topological polar surface area (TPSA) is 61.2 Å². The second kappa shape index (κ2) is 8.77. The number of anilines is 1. The molecule has 4 aromatic rings. The fraction of sp³-hybridized carbons (Fsp3) is 0.120. The van der Waals surface area contributed by atoms with Gasteiger partial charge in [0, 0.05) is 10.7 Å². The van der Waals surface area contributed by atoms with E-state index in [0.717, 1.165) is 22.4 Å². The second-order valence-corrected chi connectivity index (χ2v) is 7.81. The maximum atomic E-state index is 6.06. The van der Waals surface area contributed by atoms with Crippen molar-refractivity contribution in [1.29, 1.82) is 0 Å². The molecule has 0 bridgehead atoms. The Morgan fingerprint density at radius 2 is 1.81 bits per heavy atom. The predicted octanol–water partition coefficient (Wildman–Crippen LogP) is 5.58. The first-order valence-electron chi connectivity index (χ1n) is 10.2. The zero-order valence-corrected chi connectivity index (χ0v) is 18.2. The first-order valence-corrected chi connectivity index (χ1v) is 10.6. The van der Waals surface area contributed by atoms with Gasteiger partial charge in [0.1, 0.15) is 19.0 Å². The van der Waals surface area contributed by atoms with Crippen molar-refractivity contribution in [2.24, 2.45) is 0 Å². The number of rotatable bonds is 6. The lowest BCUT2D eigenvalue weighted by atomic mass is 10.0. The lowest BCUT2D eigenvalue weighted by Crippen LogP contribution is -2.20. The van der Waals surface area contributed by atoms with Crippen molar-refractivity contribution in [2.75, 3.05) is 12.4 Å². The van der Waals surface area contributed by atoms with Gasteiger partial charge in [0.05, 0.1) is 7.11 Å². The lowest BCUT2D eigenvalue weighted by molar-refractivity contribution is 0.284. The molecule has 0 amide bonds. The van der Waals surface area contributed by atoms with Crippen LogP contribution in [0.15, 0.2) is 85.2 Å². The van der Waals surface area contributed by atoms with Gasteiger partial charge in [0.2, 0.25) is 5.95 Å². The number of nitrogens with one attached hydrogen (secondary N) is 1. The number of halogens is 1. The third-order valence-electron chi connectivity index (χ3n) is 5.33. The summed E-state index contributed by atoms with van der Waals surface area (Å²) in [5, 5.41) is 8.45. The van der Waals surface area contributed by atoms with Crippen molar-refractivity contribution < 1.29 is 9.47 Å². The molecule has 0 unspecified atom stereocenters. The van der Waals surface area contributed by atoms with Gasteiger partial charge in [-0.2, -0.15) is 10.1 Å². The first kappa shape index (κ1) is 20.2. The smallest absolute Gasteiger partial charge is 0.226 e. The molecule has 32 heavy (non-hydrogen) atoms. The van der Waals surface area contributed by atoms with Gasteiger partial charge in [-0.25, -0.2) is 4.68 Å². The molecule has 1 aliphatic rings. The van der Waals surface area contributed by atoms with Gasteiger partial charge in [-0.3, -0.25) is 0 Å². The van der Waals surface area contributed by atoms with Crippen LogP contribution >= 0.6 is 11.6 Å². The van der Waals surface area contributed by atoms with E-state index < -0.39 is 0 Å². The third kappa shape index (κ3) is 4.05. The van der Waals surface area contributed by atoms with E-state index in [0.29, 0.717) is 29.1 Å². The minimum Gasteiger partial charge on any atom is -0.493 e. The maximum absolute atomic E-state index is 6.06. The number of allylic oxidation sites excluding steroid dienone is 1. The Labute approximate surface area is 191 Å². The quantitative estimate of drug-likeness (QED) is 0.421. The number of hydrogen-bond acceptors (Lipinski definition) is 5. The molecule has 3 aromatic carbocycles. The molecule has 0 saturated carbocycles. The third-order valence-corrected chi connectivity index (χ3v) is 5.58. The first-order chi connectivity index (χ1) is 15.7. The van der Waals surface area contributed by atoms with Gasteiger partial charge in [0.25, 0.3) is 0 Å². The molecule has 7 heteroatoms. The Morgan fingerprint density at radius 3 is 2.59 bits per heavy atom. The normalized spacial score (nSPS) is 14.8. The number of nitrogens with zero attached hydrogens (tertiary/aromatic N) is 3. The summed E-state index contributed by atoms with van der Waals surface area (Å²) in [4.78, 5) is 4.37.